The highest BCUT2D eigenvalue weighted by atomic mass is 14.6. The summed E-state index contributed by atoms with van der Waals surface area (Å²) in [6, 6.07) is 4.16. The molecular formula is C15H18N2. The van der Waals surface area contributed by atoms with Crippen LogP contribution in [0.2, 0.25) is 0 Å². The van der Waals surface area contributed by atoms with Gasteiger partial charge in [0.15, 0.2) is 0 Å². The molecule has 0 fully saturated rings. The average Bonchev–Trinajstić information content (AvgIpc) is 2.33. The zero-order chi connectivity index (χ0) is 11.9. The van der Waals surface area contributed by atoms with Crippen molar-refractivity contribution in [1.29, 1.82) is 0 Å². The molecule has 0 aromatic carbocycles. The Kier molecular flexibility index (Phi) is 4.14. The fraction of sp³-hybridized carbons (Fsp3) is 0.267. The van der Waals surface area contributed by atoms with E-state index in [2.05, 4.69) is 41.4 Å². The molecule has 2 heteroatoms. The van der Waals surface area contributed by atoms with Gasteiger partial charge in [-0.15, -0.1) is 0 Å². The molecule has 0 bridgehead atoms. The van der Waals surface area contributed by atoms with Gasteiger partial charge in [-0.1, -0.05) is 24.3 Å². The normalized spacial score (nSPS) is 24.5. The Morgan fingerprint density at radius 3 is 2.88 bits per heavy atom. The van der Waals surface area contributed by atoms with Crippen LogP contribution in [0, 0.1) is 5.92 Å². The molecule has 1 aliphatic rings. The molecule has 0 saturated heterocycles. The van der Waals surface area contributed by atoms with E-state index < -0.39 is 0 Å². The van der Waals surface area contributed by atoms with Gasteiger partial charge in [-0.2, -0.15) is 0 Å². The third-order valence-electron chi connectivity index (χ3n) is 2.92. The molecule has 2 N–H and O–H groups in total. The van der Waals surface area contributed by atoms with Crippen LogP contribution < -0.4 is 5.73 Å². The molecular weight excluding hydrogens is 208 g/mol. The average molecular weight is 226 g/mol. The molecule has 88 valence electrons. The van der Waals surface area contributed by atoms with Crippen LogP contribution in [-0.4, -0.2) is 4.98 Å². The lowest BCUT2D eigenvalue weighted by atomic mass is 9.97. The number of nitrogens with two attached hydrogens (primary N) is 1. The second kappa shape index (κ2) is 6.04. The minimum Gasteiger partial charge on any atom is -0.402 e. The first-order valence-electron chi connectivity index (χ1n) is 6.03. The number of rotatable bonds is 3. The smallest absolute Gasteiger partial charge is 0.0270 e. The summed E-state index contributed by atoms with van der Waals surface area (Å²) >= 11 is 0. The molecule has 1 aromatic heterocycles. The number of allylic oxidation sites excluding steroid dienone is 5. The quantitative estimate of drug-likeness (QED) is 0.805. The summed E-state index contributed by atoms with van der Waals surface area (Å²) in [5.41, 5.74) is 8.03. The zero-order valence-electron chi connectivity index (χ0n) is 9.92. The van der Waals surface area contributed by atoms with E-state index in [1.54, 1.807) is 0 Å². The van der Waals surface area contributed by atoms with Crippen molar-refractivity contribution in [1.82, 2.24) is 4.98 Å². The van der Waals surface area contributed by atoms with E-state index in [0.29, 0.717) is 5.92 Å². The Morgan fingerprint density at radius 1 is 1.24 bits per heavy atom. The Hall–Kier alpha value is -1.83. The lowest BCUT2D eigenvalue weighted by Crippen LogP contribution is -2.00. The van der Waals surface area contributed by atoms with Crippen molar-refractivity contribution >= 4 is 0 Å². The summed E-state index contributed by atoms with van der Waals surface area (Å²) in [6.45, 7) is 0. The third kappa shape index (κ3) is 3.91. The Bertz CT molecular complexity index is 429. The molecule has 0 aliphatic heterocycles. The fourth-order valence-electron chi connectivity index (χ4n) is 1.91. The molecule has 0 radical (unpaired) electrons. The van der Waals surface area contributed by atoms with Gasteiger partial charge < -0.3 is 5.73 Å². The Labute approximate surface area is 103 Å². The van der Waals surface area contributed by atoms with Crippen molar-refractivity contribution in [2.24, 2.45) is 11.7 Å². The highest BCUT2D eigenvalue weighted by Gasteiger charge is 2.02. The minimum absolute atomic E-state index is 0.507. The van der Waals surface area contributed by atoms with Gasteiger partial charge in [-0.25, -0.2) is 0 Å². The first-order chi connectivity index (χ1) is 8.34. The van der Waals surface area contributed by atoms with Crippen molar-refractivity contribution in [2.45, 2.75) is 19.3 Å². The van der Waals surface area contributed by atoms with Crippen LogP contribution in [0.1, 0.15) is 18.4 Å². The molecule has 1 aliphatic carbocycles. The van der Waals surface area contributed by atoms with Crippen LogP contribution in [0.5, 0.6) is 0 Å². The fourth-order valence-corrected chi connectivity index (χ4v) is 1.91. The standard InChI is InChI=1S/C15H18N2/c16-15-5-1-3-13(4-2-6-15)7-8-14-9-11-17-12-10-14/h1-5,9-13H,6-8,16H2/b3-1?,4-2-,15-5+. The second-order valence-corrected chi connectivity index (χ2v) is 4.32. The molecule has 1 atom stereocenters. The topological polar surface area (TPSA) is 38.9 Å². The van der Waals surface area contributed by atoms with Gasteiger partial charge >= 0.3 is 0 Å². The van der Waals surface area contributed by atoms with Crippen molar-refractivity contribution < 1.29 is 0 Å². The highest BCUT2D eigenvalue weighted by Crippen LogP contribution is 2.15. The maximum Gasteiger partial charge on any atom is 0.0270 e. The van der Waals surface area contributed by atoms with Crippen LogP contribution in [0.4, 0.5) is 0 Å². The Morgan fingerprint density at radius 2 is 2.06 bits per heavy atom. The minimum atomic E-state index is 0.507. The number of aromatic nitrogens is 1. The van der Waals surface area contributed by atoms with Gasteiger partial charge in [0.25, 0.3) is 0 Å². The lowest BCUT2D eigenvalue weighted by molar-refractivity contribution is 0.704. The molecule has 1 aromatic rings. The molecule has 0 spiro atoms. The predicted molar refractivity (Wildman–Crippen MR) is 71.2 cm³/mol. The van der Waals surface area contributed by atoms with E-state index in [-0.39, 0.29) is 0 Å². The number of hydrogen-bond donors (Lipinski definition) is 1. The van der Waals surface area contributed by atoms with Crippen LogP contribution in [0.3, 0.4) is 0 Å². The van der Waals surface area contributed by atoms with Crippen molar-refractivity contribution in [3.05, 3.63) is 66.2 Å². The first-order valence-corrected chi connectivity index (χ1v) is 6.03. The van der Waals surface area contributed by atoms with Crippen molar-refractivity contribution in [3.63, 3.8) is 0 Å². The summed E-state index contributed by atoms with van der Waals surface area (Å²) < 4.78 is 0. The van der Waals surface area contributed by atoms with E-state index in [1.807, 2.05) is 18.5 Å². The molecule has 1 unspecified atom stereocenters. The zero-order valence-corrected chi connectivity index (χ0v) is 9.92. The number of hydrogen-bond acceptors (Lipinski definition) is 2. The summed E-state index contributed by atoms with van der Waals surface area (Å²) in [5.74, 6) is 0.507. The monoisotopic (exact) mass is 226 g/mol. The molecule has 1 heterocycles. The second-order valence-electron chi connectivity index (χ2n) is 4.32. The van der Waals surface area contributed by atoms with Gasteiger partial charge in [0.05, 0.1) is 0 Å². The Balaban J connectivity index is 1.91. The predicted octanol–water partition coefficient (Wildman–Crippen LogP) is 2.99. The number of aryl methyl sites for hydroxylation is 1. The summed E-state index contributed by atoms with van der Waals surface area (Å²) in [6.07, 6.45) is 17.4. The molecule has 2 nitrogen and oxygen atoms in total. The maximum atomic E-state index is 5.77. The van der Waals surface area contributed by atoms with Crippen molar-refractivity contribution in [2.75, 3.05) is 0 Å². The van der Waals surface area contributed by atoms with E-state index in [9.17, 15) is 0 Å². The van der Waals surface area contributed by atoms with E-state index >= 15 is 0 Å². The largest absolute Gasteiger partial charge is 0.402 e. The molecule has 0 saturated carbocycles. The van der Waals surface area contributed by atoms with Crippen LogP contribution in [0.25, 0.3) is 0 Å². The number of pyridine rings is 1. The van der Waals surface area contributed by atoms with Gasteiger partial charge in [0.1, 0.15) is 0 Å². The maximum absolute atomic E-state index is 5.77. The molecule has 0 amide bonds. The van der Waals surface area contributed by atoms with Gasteiger partial charge in [0, 0.05) is 24.5 Å². The van der Waals surface area contributed by atoms with Gasteiger partial charge in [-0.05, 0) is 42.5 Å². The SMILES string of the molecule is N/C1=C/C=CC(CCc2ccncc2)/C=C\C1. The molecule has 2 rings (SSSR count). The van der Waals surface area contributed by atoms with Crippen LogP contribution in [-0.2, 0) is 6.42 Å². The number of nitrogens with zero attached hydrogens (tertiary/aromatic N) is 1. The van der Waals surface area contributed by atoms with Crippen molar-refractivity contribution in [3.8, 4) is 0 Å². The van der Waals surface area contributed by atoms with E-state index in [1.165, 1.54) is 5.56 Å². The first kappa shape index (κ1) is 11.6. The molecule has 17 heavy (non-hydrogen) atoms. The highest BCUT2D eigenvalue weighted by molar-refractivity contribution is 5.19. The third-order valence-corrected chi connectivity index (χ3v) is 2.92. The van der Waals surface area contributed by atoms with Gasteiger partial charge in [-0.3, -0.25) is 4.98 Å². The summed E-state index contributed by atoms with van der Waals surface area (Å²) in [4.78, 5) is 4.03. The lowest BCUT2D eigenvalue weighted by Gasteiger charge is -2.09. The van der Waals surface area contributed by atoms with E-state index in [4.69, 9.17) is 5.73 Å². The van der Waals surface area contributed by atoms with Gasteiger partial charge in [0.2, 0.25) is 0 Å². The van der Waals surface area contributed by atoms with Crippen LogP contribution >= 0.6 is 0 Å². The van der Waals surface area contributed by atoms with E-state index in [0.717, 1.165) is 25.0 Å². The van der Waals surface area contributed by atoms with Crippen LogP contribution in [0.15, 0.2) is 60.6 Å². The summed E-state index contributed by atoms with van der Waals surface area (Å²) in [5, 5.41) is 0. The summed E-state index contributed by atoms with van der Waals surface area (Å²) in [7, 11) is 0.